The highest BCUT2D eigenvalue weighted by Crippen LogP contribution is 2.50. The highest BCUT2D eigenvalue weighted by atomic mass is 15.1. The minimum Gasteiger partial charge on any atom is -0.310 e. The molecule has 0 saturated carbocycles. The summed E-state index contributed by atoms with van der Waals surface area (Å²) in [6.45, 7) is 0. The second-order valence-electron chi connectivity index (χ2n) is 14.9. The Balaban J connectivity index is 1.05. The summed E-state index contributed by atoms with van der Waals surface area (Å²) in [5.41, 5.74) is 14.5. The number of anilines is 3. The summed E-state index contributed by atoms with van der Waals surface area (Å²) in [5, 5.41) is 10.2. The Labute approximate surface area is 324 Å². The molecule has 0 unspecified atom stereocenters. The Morgan fingerprint density at radius 2 is 0.911 bits per heavy atom. The monoisotopic (exact) mass is 710 g/mol. The van der Waals surface area contributed by atoms with Crippen LogP contribution < -0.4 is 4.90 Å². The molecule has 260 valence electrons. The first kappa shape index (κ1) is 31.0. The molecule has 0 bridgehead atoms. The topological polar surface area (TPSA) is 8.17 Å². The lowest BCUT2D eigenvalue weighted by Gasteiger charge is -2.27. The molecular weight excluding hydrogens is 677 g/mol. The van der Waals surface area contributed by atoms with Gasteiger partial charge in [-0.3, -0.25) is 0 Å². The second kappa shape index (κ2) is 12.0. The summed E-state index contributed by atoms with van der Waals surface area (Å²) in [6, 6.07) is 75.8. The lowest BCUT2D eigenvalue weighted by Crippen LogP contribution is -2.10. The van der Waals surface area contributed by atoms with E-state index in [9.17, 15) is 0 Å². The van der Waals surface area contributed by atoms with Crippen molar-refractivity contribution in [2.24, 2.45) is 0 Å². The van der Waals surface area contributed by atoms with E-state index in [1.54, 1.807) is 0 Å². The van der Waals surface area contributed by atoms with Gasteiger partial charge in [0.25, 0.3) is 0 Å². The zero-order valence-electron chi connectivity index (χ0n) is 30.5. The molecule has 56 heavy (non-hydrogen) atoms. The van der Waals surface area contributed by atoms with E-state index in [1.165, 1.54) is 87.5 Å². The fourth-order valence-electron chi connectivity index (χ4n) is 9.30. The molecule has 0 radical (unpaired) electrons. The van der Waals surface area contributed by atoms with Gasteiger partial charge in [-0.05, 0) is 126 Å². The van der Waals surface area contributed by atoms with Gasteiger partial charge in [-0.2, -0.15) is 0 Å². The van der Waals surface area contributed by atoms with E-state index >= 15 is 0 Å². The van der Waals surface area contributed by atoms with Crippen LogP contribution in [-0.4, -0.2) is 4.57 Å². The molecule has 1 aliphatic rings. The molecule has 0 saturated heterocycles. The third-order valence-electron chi connectivity index (χ3n) is 11.9. The molecular formula is C54H34N2. The highest BCUT2D eigenvalue weighted by Gasteiger charge is 2.24. The fourth-order valence-corrected chi connectivity index (χ4v) is 9.30. The number of rotatable bonds is 5. The Kier molecular flexibility index (Phi) is 6.66. The van der Waals surface area contributed by atoms with Crippen LogP contribution in [0, 0.1) is 0 Å². The number of hydrogen-bond donors (Lipinski definition) is 0. The highest BCUT2D eigenvalue weighted by molar-refractivity contribution is 6.16. The summed E-state index contributed by atoms with van der Waals surface area (Å²) in [7, 11) is 0. The van der Waals surface area contributed by atoms with Crippen LogP contribution in [0.5, 0.6) is 0 Å². The van der Waals surface area contributed by atoms with Crippen LogP contribution in [-0.2, 0) is 0 Å². The van der Waals surface area contributed by atoms with Gasteiger partial charge < -0.3 is 9.47 Å². The van der Waals surface area contributed by atoms with Crippen molar-refractivity contribution in [3.05, 3.63) is 206 Å². The molecule has 0 N–H and O–H groups in total. The average molecular weight is 711 g/mol. The van der Waals surface area contributed by atoms with Crippen molar-refractivity contribution in [3.8, 4) is 39.1 Å². The van der Waals surface area contributed by atoms with E-state index in [0.29, 0.717) is 0 Å². The predicted octanol–water partition coefficient (Wildman–Crippen LogP) is 15.0. The zero-order chi connectivity index (χ0) is 36.7. The first-order valence-corrected chi connectivity index (χ1v) is 19.3. The Morgan fingerprint density at radius 1 is 0.304 bits per heavy atom. The molecule has 0 atom stereocenters. The largest absolute Gasteiger partial charge is 0.310 e. The maximum Gasteiger partial charge on any atom is 0.0561 e. The van der Waals surface area contributed by atoms with Crippen molar-refractivity contribution in [2.45, 2.75) is 0 Å². The first-order valence-electron chi connectivity index (χ1n) is 19.3. The van der Waals surface area contributed by atoms with Crippen LogP contribution in [0.2, 0.25) is 0 Å². The van der Waals surface area contributed by atoms with Crippen molar-refractivity contribution in [2.75, 3.05) is 4.90 Å². The Morgan fingerprint density at radius 3 is 1.75 bits per heavy atom. The molecule has 0 amide bonds. The van der Waals surface area contributed by atoms with Crippen LogP contribution in [0.25, 0.3) is 93.2 Å². The molecule has 0 fully saturated rings. The van der Waals surface area contributed by atoms with E-state index in [2.05, 4.69) is 216 Å². The summed E-state index contributed by atoms with van der Waals surface area (Å²) in [4.78, 5) is 2.42. The number of hydrogen-bond acceptors (Lipinski definition) is 1. The summed E-state index contributed by atoms with van der Waals surface area (Å²) in [6.07, 6.45) is 0. The van der Waals surface area contributed by atoms with Crippen molar-refractivity contribution in [1.29, 1.82) is 0 Å². The van der Waals surface area contributed by atoms with Crippen molar-refractivity contribution >= 4 is 71.2 Å². The predicted molar refractivity (Wildman–Crippen MR) is 238 cm³/mol. The van der Waals surface area contributed by atoms with Gasteiger partial charge in [0, 0.05) is 33.5 Å². The lowest BCUT2D eigenvalue weighted by atomic mass is 9.97. The van der Waals surface area contributed by atoms with Crippen LogP contribution in [0.15, 0.2) is 206 Å². The molecule has 12 rings (SSSR count). The van der Waals surface area contributed by atoms with Gasteiger partial charge in [0.05, 0.1) is 11.0 Å². The van der Waals surface area contributed by atoms with Gasteiger partial charge >= 0.3 is 0 Å². The smallest absolute Gasteiger partial charge is 0.0561 e. The number of aromatic nitrogens is 1. The lowest BCUT2D eigenvalue weighted by molar-refractivity contribution is 1.18. The van der Waals surface area contributed by atoms with E-state index in [4.69, 9.17) is 0 Å². The first-order chi connectivity index (χ1) is 27.8. The van der Waals surface area contributed by atoms with Gasteiger partial charge in [-0.1, -0.05) is 146 Å². The quantitative estimate of drug-likeness (QED) is 0.161. The molecule has 1 heterocycles. The van der Waals surface area contributed by atoms with Gasteiger partial charge in [-0.25, -0.2) is 0 Å². The maximum absolute atomic E-state index is 2.42. The Hall–Kier alpha value is -7.42. The van der Waals surface area contributed by atoms with Crippen molar-refractivity contribution in [3.63, 3.8) is 0 Å². The average Bonchev–Trinajstić information content (AvgIpc) is 3.77. The van der Waals surface area contributed by atoms with E-state index in [1.807, 2.05) is 0 Å². The number of nitrogens with zero attached hydrogens (tertiary/aromatic N) is 2. The molecule has 0 aliphatic heterocycles. The van der Waals surface area contributed by atoms with Gasteiger partial charge in [0.2, 0.25) is 0 Å². The molecule has 2 nitrogen and oxygen atoms in total. The molecule has 0 spiro atoms. The van der Waals surface area contributed by atoms with Crippen LogP contribution in [0.3, 0.4) is 0 Å². The van der Waals surface area contributed by atoms with Gasteiger partial charge in [0.15, 0.2) is 0 Å². The third kappa shape index (κ3) is 4.63. The molecule has 2 heteroatoms. The summed E-state index contributed by atoms with van der Waals surface area (Å²) < 4.78 is 2.40. The maximum atomic E-state index is 2.42. The van der Waals surface area contributed by atoms with Crippen LogP contribution >= 0.6 is 0 Å². The van der Waals surface area contributed by atoms with E-state index in [-0.39, 0.29) is 0 Å². The van der Waals surface area contributed by atoms with E-state index in [0.717, 1.165) is 22.7 Å². The number of para-hydroxylation sites is 2. The second-order valence-corrected chi connectivity index (χ2v) is 14.9. The normalized spacial score (nSPS) is 11.9. The number of fused-ring (bicyclic) bond motifs is 9. The minimum atomic E-state index is 1.11. The summed E-state index contributed by atoms with van der Waals surface area (Å²) in [5.74, 6) is 0. The molecule has 1 aromatic heterocycles. The Bertz CT molecular complexity index is 3350. The van der Waals surface area contributed by atoms with Gasteiger partial charge in [0.1, 0.15) is 0 Å². The van der Waals surface area contributed by atoms with Crippen LogP contribution in [0.1, 0.15) is 0 Å². The van der Waals surface area contributed by atoms with Crippen LogP contribution in [0.4, 0.5) is 17.1 Å². The van der Waals surface area contributed by atoms with Crippen molar-refractivity contribution in [1.82, 2.24) is 4.57 Å². The fraction of sp³-hybridized carbons (Fsp3) is 0. The molecule has 11 aromatic rings. The minimum absolute atomic E-state index is 1.11. The standard InChI is InChI=1S/C54H34N2/c1-2-13-40(14-3-1)56-52-19-7-6-16-46(52)47-31-29-43(34-53(47)56)55(42-28-30-45-48-17-8-11-38-12-9-18-49(54(38)48)51(45)33-42)41-26-24-35(25-27-41)39-23-22-37-21-20-36-10-4-5-15-44(36)50(37)32-39/h1-34H. The van der Waals surface area contributed by atoms with Gasteiger partial charge in [-0.15, -0.1) is 0 Å². The molecule has 10 aromatic carbocycles. The zero-order valence-corrected chi connectivity index (χ0v) is 30.5. The number of benzene rings is 10. The third-order valence-corrected chi connectivity index (χ3v) is 11.9. The molecule has 1 aliphatic carbocycles. The van der Waals surface area contributed by atoms with E-state index < -0.39 is 0 Å². The summed E-state index contributed by atoms with van der Waals surface area (Å²) >= 11 is 0. The SMILES string of the molecule is c1ccc(-n2c3ccccc3c3ccc(N(c4ccc(-c5ccc6ccc7ccccc7c6c5)cc4)c4ccc5c(c4)-c4cccc6cccc-5c46)cc32)cc1. The van der Waals surface area contributed by atoms with Crippen molar-refractivity contribution < 1.29 is 0 Å².